The van der Waals surface area contributed by atoms with Crippen LogP contribution < -0.4 is 5.32 Å². The van der Waals surface area contributed by atoms with Crippen LogP contribution in [0.25, 0.3) is 11.1 Å². The first-order chi connectivity index (χ1) is 22.8. The van der Waals surface area contributed by atoms with Crippen molar-refractivity contribution in [3.05, 3.63) is 124 Å². The number of aliphatic carboxylic acids is 1. The number of carboxylic acid groups (broad SMARTS) is 1. The van der Waals surface area contributed by atoms with E-state index in [9.17, 15) is 29.1 Å². The third-order valence-electron chi connectivity index (χ3n) is 8.65. The number of benzene rings is 4. The van der Waals surface area contributed by atoms with Crippen LogP contribution in [0.2, 0.25) is 0 Å². The standard InChI is InChI=1S/C38H37N3O7/c1-23(2)25-15-17-26(18-16-25)27-10-6-7-11-28(27)34(43)39-32-19-14-24(20-30(32)35(44)40(3)4)21-33(42)48-22-38(37(46)47)31-13-9-8-12-29(31)36(45)41(38)5/h6-20,23H,21-22H2,1-5H3,(H,39,43)(H,46,47)/t38-/m0/s1. The van der Waals surface area contributed by atoms with Crippen molar-refractivity contribution in [3.63, 3.8) is 0 Å². The summed E-state index contributed by atoms with van der Waals surface area (Å²) >= 11 is 0. The van der Waals surface area contributed by atoms with Crippen LogP contribution >= 0.6 is 0 Å². The number of anilines is 1. The molecule has 0 saturated heterocycles. The van der Waals surface area contributed by atoms with Gasteiger partial charge in [-0.1, -0.05) is 80.6 Å². The smallest absolute Gasteiger partial charge is 0.338 e. The zero-order chi connectivity index (χ0) is 34.7. The van der Waals surface area contributed by atoms with Gasteiger partial charge in [-0.2, -0.15) is 0 Å². The van der Waals surface area contributed by atoms with Gasteiger partial charge >= 0.3 is 11.9 Å². The van der Waals surface area contributed by atoms with E-state index in [1.54, 1.807) is 50.5 Å². The number of hydrogen-bond acceptors (Lipinski definition) is 6. The molecule has 1 aliphatic heterocycles. The lowest BCUT2D eigenvalue weighted by Gasteiger charge is -2.32. The molecule has 3 amide bonds. The Kier molecular flexibility index (Phi) is 9.47. The number of carboxylic acids is 1. The number of nitrogens with one attached hydrogen (secondary N) is 1. The second kappa shape index (κ2) is 13.5. The monoisotopic (exact) mass is 647 g/mol. The number of ether oxygens (including phenoxy) is 1. The molecule has 0 aliphatic carbocycles. The molecule has 0 unspecified atom stereocenters. The van der Waals surface area contributed by atoms with E-state index in [2.05, 4.69) is 19.2 Å². The van der Waals surface area contributed by atoms with Gasteiger partial charge in [0.15, 0.2) is 0 Å². The van der Waals surface area contributed by atoms with E-state index < -0.39 is 41.8 Å². The molecule has 1 heterocycles. The SMILES string of the molecule is CC(C)c1ccc(-c2ccccc2C(=O)Nc2ccc(CC(=O)OC[C@@]3(C(=O)O)c4ccccc4C(=O)N3C)cc2C(=O)N(C)C)cc1. The highest BCUT2D eigenvalue weighted by molar-refractivity contribution is 6.12. The molecule has 2 N–H and O–H groups in total. The average molecular weight is 648 g/mol. The molecule has 0 bridgehead atoms. The molecule has 5 rings (SSSR count). The number of esters is 1. The Morgan fingerprint density at radius 3 is 2.17 bits per heavy atom. The number of nitrogens with zero attached hydrogens (tertiary/aromatic N) is 2. The summed E-state index contributed by atoms with van der Waals surface area (Å²) in [5.74, 6) is -3.00. The fraction of sp³-hybridized carbons (Fsp3) is 0.237. The fourth-order valence-electron chi connectivity index (χ4n) is 5.86. The van der Waals surface area contributed by atoms with Crippen molar-refractivity contribution in [2.45, 2.75) is 31.7 Å². The minimum Gasteiger partial charge on any atom is -0.479 e. The van der Waals surface area contributed by atoms with Crippen molar-refractivity contribution in [2.24, 2.45) is 0 Å². The Labute approximate surface area is 278 Å². The highest BCUT2D eigenvalue weighted by atomic mass is 16.5. The van der Waals surface area contributed by atoms with Crippen LogP contribution in [0.1, 0.15) is 67.5 Å². The maximum absolute atomic E-state index is 13.6. The lowest BCUT2D eigenvalue weighted by atomic mass is 9.90. The molecule has 10 nitrogen and oxygen atoms in total. The quantitative estimate of drug-likeness (QED) is 0.215. The molecular formula is C38H37N3O7. The Bertz CT molecular complexity index is 1920. The van der Waals surface area contributed by atoms with Gasteiger partial charge in [-0.15, -0.1) is 0 Å². The number of fused-ring (bicyclic) bond motifs is 1. The van der Waals surface area contributed by atoms with Crippen molar-refractivity contribution in [1.82, 2.24) is 9.80 Å². The van der Waals surface area contributed by atoms with Crippen molar-refractivity contribution in [1.29, 1.82) is 0 Å². The molecule has 4 aromatic rings. The molecule has 0 radical (unpaired) electrons. The van der Waals surface area contributed by atoms with Gasteiger partial charge in [-0.3, -0.25) is 19.2 Å². The predicted molar refractivity (Wildman–Crippen MR) is 181 cm³/mol. The van der Waals surface area contributed by atoms with Crippen LogP contribution in [0.3, 0.4) is 0 Å². The Hall–Kier alpha value is -5.77. The first kappa shape index (κ1) is 33.6. The Balaban J connectivity index is 1.37. The minimum atomic E-state index is -1.88. The van der Waals surface area contributed by atoms with E-state index >= 15 is 0 Å². The summed E-state index contributed by atoms with van der Waals surface area (Å²) in [7, 11) is 4.51. The van der Waals surface area contributed by atoms with Crippen molar-refractivity contribution < 1.29 is 33.8 Å². The highest BCUT2D eigenvalue weighted by Gasteiger charge is 2.54. The van der Waals surface area contributed by atoms with Gasteiger partial charge in [0, 0.05) is 37.8 Å². The minimum absolute atomic E-state index is 0.162. The number of carbonyl (C=O) groups excluding carboxylic acids is 4. The zero-order valence-corrected chi connectivity index (χ0v) is 27.4. The summed E-state index contributed by atoms with van der Waals surface area (Å²) < 4.78 is 5.47. The van der Waals surface area contributed by atoms with Crippen LogP contribution in [-0.4, -0.2) is 72.3 Å². The van der Waals surface area contributed by atoms with Crippen molar-refractivity contribution in [2.75, 3.05) is 33.1 Å². The van der Waals surface area contributed by atoms with Crippen LogP contribution in [0, 0.1) is 0 Å². The maximum Gasteiger partial charge on any atom is 0.338 e. The molecule has 1 atom stereocenters. The number of likely N-dealkylation sites (N-methyl/N-ethyl adjacent to an activating group) is 1. The number of carbonyl (C=O) groups is 5. The number of rotatable bonds is 10. The summed E-state index contributed by atoms with van der Waals surface area (Å²) in [5.41, 5.74) is 2.65. The van der Waals surface area contributed by atoms with Gasteiger partial charge in [0.2, 0.25) is 5.54 Å². The first-order valence-electron chi connectivity index (χ1n) is 15.5. The van der Waals surface area contributed by atoms with Crippen LogP contribution in [0.15, 0.2) is 91.0 Å². The summed E-state index contributed by atoms with van der Waals surface area (Å²) in [4.78, 5) is 67.7. The normalized spacial score (nSPS) is 15.2. The lowest BCUT2D eigenvalue weighted by Crippen LogP contribution is -2.51. The molecule has 0 spiro atoms. The van der Waals surface area contributed by atoms with Crippen LogP contribution in [0.4, 0.5) is 5.69 Å². The van der Waals surface area contributed by atoms with Gasteiger partial charge < -0.3 is 25.0 Å². The van der Waals surface area contributed by atoms with E-state index in [4.69, 9.17) is 4.74 Å². The molecule has 4 aromatic carbocycles. The topological polar surface area (TPSA) is 133 Å². The highest BCUT2D eigenvalue weighted by Crippen LogP contribution is 2.39. The fourth-order valence-corrected chi connectivity index (χ4v) is 5.86. The van der Waals surface area contributed by atoms with E-state index in [1.807, 2.05) is 36.4 Å². The number of hydrogen-bond donors (Lipinski definition) is 2. The van der Waals surface area contributed by atoms with Gasteiger partial charge in [-0.05, 0) is 52.4 Å². The molecule has 0 saturated carbocycles. The predicted octanol–water partition coefficient (Wildman–Crippen LogP) is 5.58. The van der Waals surface area contributed by atoms with E-state index in [0.717, 1.165) is 16.0 Å². The third-order valence-corrected chi connectivity index (χ3v) is 8.65. The van der Waals surface area contributed by atoms with Crippen LogP contribution in [0.5, 0.6) is 0 Å². The molecule has 1 aliphatic rings. The first-order valence-corrected chi connectivity index (χ1v) is 15.5. The molecule has 0 fully saturated rings. The summed E-state index contributed by atoms with van der Waals surface area (Å²) in [6.07, 6.45) is -0.286. The third kappa shape index (κ3) is 6.29. The molecule has 0 aromatic heterocycles. The second-order valence-electron chi connectivity index (χ2n) is 12.3. The molecule has 48 heavy (non-hydrogen) atoms. The van der Waals surface area contributed by atoms with Gasteiger partial charge in [0.1, 0.15) is 6.61 Å². The molecular weight excluding hydrogens is 610 g/mol. The summed E-state index contributed by atoms with van der Waals surface area (Å²) in [6.45, 7) is 3.63. The van der Waals surface area contributed by atoms with Crippen molar-refractivity contribution >= 4 is 35.3 Å². The largest absolute Gasteiger partial charge is 0.479 e. The second-order valence-corrected chi connectivity index (χ2v) is 12.3. The summed E-state index contributed by atoms with van der Waals surface area (Å²) in [5, 5.41) is 13.1. The van der Waals surface area contributed by atoms with Crippen molar-refractivity contribution in [3.8, 4) is 11.1 Å². The Morgan fingerprint density at radius 1 is 0.875 bits per heavy atom. The van der Waals surface area contributed by atoms with E-state index in [1.165, 1.54) is 35.7 Å². The summed E-state index contributed by atoms with van der Waals surface area (Å²) in [6, 6.07) is 26.2. The Morgan fingerprint density at radius 2 is 1.52 bits per heavy atom. The average Bonchev–Trinajstić information content (AvgIpc) is 3.30. The lowest BCUT2D eigenvalue weighted by molar-refractivity contribution is -0.159. The molecule has 10 heteroatoms. The number of amides is 3. The van der Waals surface area contributed by atoms with E-state index in [-0.39, 0.29) is 28.8 Å². The van der Waals surface area contributed by atoms with Crippen LogP contribution in [-0.2, 0) is 26.3 Å². The van der Waals surface area contributed by atoms with Gasteiger partial charge in [0.05, 0.1) is 17.7 Å². The van der Waals surface area contributed by atoms with E-state index in [0.29, 0.717) is 17.0 Å². The molecule has 246 valence electrons. The van der Waals surface area contributed by atoms with Gasteiger partial charge in [-0.25, -0.2) is 4.79 Å². The zero-order valence-electron chi connectivity index (χ0n) is 27.4. The maximum atomic E-state index is 13.6. The van der Waals surface area contributed by atoms with Gasteiger partial charge in [0.25, 0.3) is 17.7 Å².